The van der Waals surface area contributed by atoms with Gasteiger partial charge in [-0.05, 0) is 57.1 Å². The van der Waals surface area contributed by atoms with E-state index in [4.69, 9.17) is 9.32 Å². The molecule has 0 saturated carbocycles. The largest absolute Gasteiger partial charge is 0.342 e. The molecule has 0 aliphatic carbocycles. The van der Waals surface area contributed by atoms with Crippen LogP contribution in [-0.2, 0) is 7.05 Å². The van der Waals surface area contributed by atoms with Gasteiger partial charge in [0.15, 0.2) is 0 Å². The van der Waals surface area contributed by atoms with Crippen LogP contribution in [0.25, 0.3) is 0 Å². The van der Waals surface area contributed by atoms with Crippen molar-refractivity contribution in [2.24, 2.45) is 16.4 Å². The Morgan fingerprint density at radius 1 is 0.340 bits per heavy atom. The molecule has 0 aliphatic heterocycles. The molecule has 5 heteroatoms. The Labute approximate surface area is 298 Å². The van der Waals surface area contributed by atoms with Crippen LogP contribution in [0, 0.1) is 0 Å². The fourth-order valence-electron chi connectivity index (χ4n) is 7.32. The second-order valence-corrected chi connectivity index (χ2v) is 19.4. The minimum atomic E-state index is -2.83. The third-order valence-electron chi connectivity index (χ3n) is 9.68. The van der Waals surface area contributed by atoms with Crippen molar-refractivity contribution in [3.05, 3.63) is 206 Å². The van der Waals surface area contributed by atoms with E-state index in [1.54, 1.807) is 0 Å². The molecule has 7 aromatic rings. The number of hydrogen-bond acceptors (Lipinski definition) is 2. The second-order valence-electron chi connectivity index (χ2n) is 12.7. The summed E-state index contributed by atoms with van der Waals surface area (Å²) in [5.74, 6) is 0. The van der Waals surface area contributed by atoms with E-state index in [0.717, 1.165) is 22.8 Å². The zero-order valence-corrected chi connectivity index (χ0v) is 30.8. The molecule has 0 fully saturated rings. The third kappa shape index (κ3) is 6.06. The fourth-order valence-corrected chi connectivity index (χ4v) is 15.4. The van der Waals surface area contributed by atoms with Gasteiger partial charge in [0.1, 0.15) is 0 Å². The van der Waals surface area contributed by atoms with Crippen LogP contribution in [0.3, 0.4) is 0 Å². The normalized spacial score (nSPS) is 12.5. The van der Waals surface area contributed by atoms with Crippen LogP contribution in [0.15, 0.2) is 203 Å². The predicted molar refractivity (Wildman–Crippen MR) is 218 cm³/mol. The molecule has 0 amide bonds. The molecule has 0 atom stereocenters. The summed E-state index contributed by atoms with van der Waals surface area (Å²) >= 11 is 0. The number of aromatic nitrogens is 1. The van der Waals surface area contributed by atoms with E-state index in [1.165, 1.54) is 31.1 Å². The van der Waals surface area contributed by atoms with E-state index in [9.17, 15) is 0 Å². The van der Waals surface area contributed by atoms with E-state index in [2.05, 4.69) is 220 Å². The molecule has 0 bridgehead atoms. The molecule has 0 radical (unpaired) electrons. The molecule has 0 aliphatic rings. The predicted octanol–water partition coefficient (Wildman–Crippen LogP) is 5.98. The molecule has 50 heavy (non-hydrogen) atoms. The number of hydrogen-bond donors (Lipinski definition) is 0. The highest BCUT2D eigenvalue weighted by Gasteiger charge is 2.42. The van der Waals surface area contributed by atoms with Crippen LogP contribution in [0.1, 0.15) is 25.2 Å². The molecule has 3 nitrogen and oxygen atoms in total. The first-order chi connectivity index (χ1) is 24.5. The van der Waals surface area contributed by atoms with E-state index in [1.807, 2.05) is 0 Å². The van der Waals surface area contributed by atoms with Crippen molar-refractivity contribution in [2.75, 3.05) is 0 Å². The average molecular weight is 680 g/mol. The number of nitrogens with zero attached hydrogens (tertiary/aromatic N) is 3. The fraction of sp³-hybridized carbons (Fsp3) is 0.0667. The molecular formula is C45H41N3Si2. The van der Waals surface area contributed by atoms with Gasteiger partial charge in [-0.25, -0.2) is 0 Å². The molecule has 0 N–H and O–H groups in total. The highest BCUT2D eigenvalue weighted by atomic mass is 28.3. The zero-order valence-electron chi connectivity index (χ0n) is 28.8. The Hall–Kier alpha value is -5.63. The average Bonchev–Trinajstić information content (AvgIpc) is 3.59. The number of benzene rings is 6. The topological polar surface area (TPSA) is 29.6 Å². The van der Waals surface area contributed by atoms with Crippen molar-refractivity contribution in [1.82, 2.24) is 4.57 Å². The first kappa shape index (κ1) is 32.9. The minimum absolute atomic E-state index is 1.01. The van der Waals surface area contributed by atoms with E-state index >= 15 is 0 Å². The maximum Gasteiger partial charge on any atom is 0.273 e. The zero-order chi connectivity index (χ0) is 34.4. The lowest BCUT2D eigenvalue weighted by Gasteiger charge is -2.30. The maximum absolute atomic E-state index is 5.84. The van der Waals surface area contributed by atoms with Crippen molar-refractivity contribution >= 4 is 59.0 Å². The summed E-state index contributed by atoms with van der Waals surface area (Å²) in [5.41, 5.74) is 4.18. The van der Waals surface area contributed by atoms with Gasteiger partial charge < -0.3 is 13.9 Å². The Morgan fingerprint density at radius 2 is 0.540 bits per heavy atom. The van der Waals surface area contributed by atoms with E-state index in [-0.39, 0.29) is 0 Å². The summed E-state index contributed by atoms with van der Waals surface area (Å²) in [7, 11) is -3.51. The Bertz CT molecular complexity index is 1860. The summed E-state index contributed by atoms with van der Waals surface area (Å²) in [6.45, 7) is 4.33. The van der Waals surface area contributed by atoms with Crippen molar-refractivity contribution in [1.29, 1.82) is 0 Å². The van der Waals surface area contributed by atoms with Crippen LogP contribution in [0.4, 0.5) is 0 Å². The molecule has 7 rings (SSSR count). The standard InChI is InChI=1S/C45H41N3Si2/c1-36(46-49(38-22-10-4-11-23-38,39-24-12-5-13-25-39)40-26-14-6-15-27-40)44-34-35-45(48(44)3)37(2)47-50(41-28-16-7-17-29-41,42-30-18-8-19-31-42)43-32-20-9-21-33-43/h4-35H,1-3H3/b46-36-,47-37+. The molecule has 244 valence electrons. The summed E-state index contributed by atoms with van der Waals surface area (Å²) < 4.78 is 14.0. The molecule has 6 aromatic carbocycles. The highest BCUT2D eigenvalue weighted by Crippen LogP contribution is 2.18. The van der Waals surface area contributed by atoms with Crippen LogP contribution < -0.4 is 31.1 Å². The van der Waals surface area contributed by atoms with Crippen molar-refractivity contribution < 1.29 is 0 Å². The number of rotatable bonds is 10. The van der Waals surface area contributed by atoms with Gasteiger partial charge in [-0.15, -0.1) is 0 Å². The Balaban J connectivity index is 1.41. The SMILES string of the molecule is C/C(=N/[Si](c1ccccc1)(c1ccccc1)c1ccccc1)c1ccc(/C(C)=N/[Si](c2ccccc2)(c2ccccc2)c2ccccc2)n1C. The van der Waals surface area contributed by atoms with E-state index in [0.29, 0.717) is 0 Å². The van der Waals surface area contributed by atoms with Gasteiger partial charge in [0.2, 0.25) is 0 Å². The summed E-state index contributed by atoms with van der Waals surface area (Å²) in [6, 6.07) is 69.5. The van der Waals surface area contributed by atoms with Crippen molar-refractivity contribution in [3.8, 4) is 0 Å². The van der Waals surface area contributed by atoms with Gasteiger partial charge in [-0.3, -0.25) is 0 Å². The van der Waals surface area contributed by atoms with Crippen molar-refractivity contribution in [2.45, 2.75) is 13.8 Å². The van der Waals surface area contributed by atoms with Gasteiger partial charge in [0.05, 0.1) is 11.4 Å². The summed E-state index contributed by atoms with van der Waals surface area (Å²) in [5, 5.41) is 7.55. The molecule has 0 saturated heterocycles. The van der Waals surface area contributed by atoms with Gasteiger partial charge in [0, 0.05) is 18.5 Å². The molecule has 1 heterocycles. The molecule has 0 spiro atoms. The van der Waals surface area contributed by atoms with Gasteiger partial charge in [-0.1, -0.05) is 182 Å². The van der Waals surface area contributed by atoms with Crippen molar-refractivity contribution in [3.63, 3.8) is 0 Å². The highest BCUT2D eigenvalue weighted by molar-refractivity contribution is 7.11. The Kier molecular flexibility index (Phi) is 9.52. The van der Waals surface area contributed by atoms with Crippen LogP contribution in [0.2, 0.25) is 0 Å². The quantitative estimate of drug-likeness (QED) is 0.0969. The maximum atomic E-state index is 5.84. The Morgan fingerprint density at radius 3 is 0.740 bits per heavy atom. The van der Waals surface area contributed by atoms with Gasteiger partial charge in [0.25, 0.3) is 16.5 Å². The van der Waals surface area contributed by atoms with Crippen LogP contribution in [0.5, 0.6) is 0 Å². The molecule has 1 aromatic heterocycles. The lowest BCUT2D eigenvalue weighted by atomic mass is 10.3. The first-order valence-corrected chi connectivity index (χ1v) is 21.1. The van der Waals surface area contributed by atoms with Gasteiger partial charge >= 0.3 is 0 Å². The van der Waals surface area contributed by atoms with E-state index < -0.39 is 16.5 Å². The summed E-state index contributed by atoms with van der Waals surface area (Å²) in [4.78, 5) is 0. The van der Waals surface area contributed by atoms with Crippen LogP contribution >= 0.6 is 0 Å². The minimum Gasteiger partial charge on any atom is -0.342 e. The lowest BCUT2D eigenvalue weighted by molar-refractivity contribution is 0.901. The first-order valence-electron chi connectivity index (χ1n) is 17.2. The lowest BCUT2D eigenvalue weighted by Crippen LogP contribution is -2.66. The van der Waals surface area contributed by atoms with Crippen LogP contribution in [-0.4, -0.2) is 32.5 Å². The molecular weight excluding hydrogens is 639 g/mol. The second kappa shape index (κ2) is 14.5. The monoisotopic (exact) mass is 679 g/mol. The smallest absolute Gasteiger partial charge is 0.273 e. The van der Waals surface area contributed by atoms with Gasteiger partial charge in [-0.2, -0.15) is 0 Å². The third-order valence-corrected chi connectivity index (χ3v) is 18.0. The molecule has 0 unspecified atom stereocenters. The summed E-state index contributed by atoms with van der Waals surface area (Å²) in [6.07, 6.45) is 0.